The zero-order chi connectivity index (χ0) is 15.6. The maximum absolute atomic E-state index is 12.7. The van der Waals surface area contributed by atoms with Gasteiger partial charge in [-0.3, -0.25) is 15.0 Å². The molecule has 23 heavy (non-hydrogen) atoms. The highest BCUT2D eigenvalue weighted by molar-refractivity contribution is 5.87. The number of carbonyl (C=O) groups excluding carboxylic acids is 1. The van der Waals surface area contributed by atoms with Crippen molar-refractivity contribution in [3.63, 3.8) is 0 Å². The summed E-state index contributed by atoms with van der Waals surface area (Å²) in [6.45, 7) is 1.50. The molecule has 0 spiro atoms. The normalized spacial score (nSPS) is 18.4. The second-order valence-corrected chi connectivity index (χ2v) is 5.95. The molecule has 0 saturated carbocycles. The van der Waals surface area contributed by atoms with Crippen LogP contribution in [0.1, 0.15) is 30.3 Å². The highest BCUT2D eigenvalue weighted by atomic mass is 16.2. The standard InChI is InChI=1S/C16H18N6O/c23-15(8-14-12-5-1-2-6-13(12)19-20-14)22-7-3-4-11(9-22)16-17-10-18-21-16/h1-2,5-6,10-11H,3-4,7-9H2,(H,19,20)(H,17,18,21). The van der Waals surface area contributed by atoms with Crippen molar-refractivity contribution in [3.05, 3.63) is 42.1 Å². The van der Waals surface area contributed by atoms with Crippen LogP contribution in [0, 0.1) is 0 Å². The molecule has 0 aliphatic carbocycles. The van der Waals surface area contributed by atoms with E-state index in [1.54, 1.807) is 0 Å². The van der Waals surface area contributed by atoms with E-state index in [1.807, 2.05) is 29.2 Å². The van der Waals surface area contributed by atoms with Gasteiger partial charge in [-0.1, -0.05) is 18.2 Å². The number of fused-ring (bicyclic) bond motifs is 1. The molecule has 1 amide bonds. The van der Waals surface area contributed by atoms with Crippen molar-refractivity contribution in [2.24, 2.45) is 0 Å². The lowest BCUT2D eigenvalue weighted by Crippen LogP contribution is -2.40. The van der Waals surface area contributed by atoms with Gasteiger partial charge in [-0.25, -0.2) is 4.98 Å². The number of para-hydroxylation sites is 1. The number of H-pyrrole nitrogens is 2. The number of hydrogen-bond donors (Lipinski definition) is 2. The van der Waals surface area contributed by atoms with Gasteiger partial charge in [0.1, 0.15) is 12.2 Å². The molecule has 4 rings (SSSR count). The van der Waals surface area contributed by atoms with E-state index in [2.05, 4.69) is 25.4 Å². The molecule has 0 radical (unpaired) electrons. The van der Waals surface area contributed by atoms with E-state index in [0.717, 1.165) is 41.8 Å². The number of piperidine rings is 1. The Hall–Kier alpha value is -2.70. The summed E-state index contributed by atoms with van der Waals surface area (Å²) in [5.41, 5.74) is 1.78. The molecular formula is C16H18N6O. The van der Waals surface area contributed by atoms with Crippen molar-refractivity contribution in [2.75, 3.05) is 13.1 Å². The third-order valence-electron chi connectivity index (χ3n) is 4.46. The lowest BCUT2D eigenvalue weighted by atomic mass is 9.97. The van der Waals surface area contributed by atoms with Crippen LogP contribution < -0.4 is 0 Å². The molecule has 1 atom stereocenters. The second kappa shape index (κ2) is 5.83. The van der Waals surface area contributed by atoms with Crippen LogP contribution in [0.2, 0.25) is 0 Å². The Bertz CT molecular complexity index is 809. The summed E-state index contributed by atoms with van der Waals surface area (Å²) >= 11 is 0. The van der Waals surface area contributed by atoms with Gasteiger partial charge in [-0.15, -0.1) is 0 Å². The highest BCUT2D eigenvalue weighted by Gasteiger charge is 2.26. The van der Waals surface area contributed by atoms with Crippen molar-refractivity contribution in [2.45, 2.75) is 25.2 Å². The van der Waals surface area contributed by atoms with Crippen LogP contribution in [-0.2, 0) is 11.2 Å². The van der Waals surface area contributed by atoms with Gasteiger partial charge in [0.2, 0.25) is 5.91 Å². The van der Waals surface area contributed by atoms with Gasteiger partial charge in [0.25, 0.3) is 0 Å². The van der Waals surface area contributed by atoms with Crippen molar-refractivity contribution < 1.29 is 4.79 Å². The average molecular weight is 310 g/mol. The summed E-state index contributed by atoms with van der Waals surface area (Å²) in [4.78, 5) is 18.8. The molecule has 7 nitrogen and oxygen atoms in total. The smallest absolute Gasteiger partial charge is 0.228 e. The summed E-state index contributed by atoms with van der Waals surface area (Å²) in [5.74, 6) is 1.24. The van der Waals surface area contributed by atoms with Crippen LogP contribution >= 0.6 is 0 Å². The molecule has 1 aromatic carbocycles. The van der Waals surface area contributed by atoms with Gasteiger partial charge in [0.15, 0.2) is 0 Å². The molecule has 1 fully saturated rings. The summed E-state index contributed by atoms with van der Waals surface area (Å²) in [5, 5.41) is 15.1. The van der Waals surface area contributed by atoms with Gasteiger partial charge in [-0.2, -0.15) is 10.2 Å². The number of benzene rings is 1. The largest absolute Gasteiger partial charge is 0.342 e. The number of aromatic nitrogens is 5. The molecule has 1 unspecified atom stereocenters. The lowest BCUT2D eigenvalue weighted by Gasteiger charge is -2.31. The maximum atomic E-state index is 12.7. The molecule has 2 N–H and O–H groups in total. The monoisotopic (exact) mass is 310 g/mol. The molecule has 1 saturated heterocycles. The zero-order valence-electron chi connectivity index (χ0n) is 12.7. The van der Waals surface area contributed by atoms with Crippen molar-refractivity contribution in [1.82, 2.24) is 30.3 Å². The fourth-order valence-corrected chi connectivity index (χ4v) is 3.25. The number of aromatic amines is 2. The number of nitrogens with zero attached hydrogens (tertiary/aromatic N) is 4. The molecule has 1 aliphatic heterocycles. The predicted molar refractivity (Wildman–Crippen MR) is 84.7 cm³/mol. The average Bonchev–Trinajstić information content (AvgIpc) is 3.25. The van der Waals surface area contributed by atoms with E-state index in [4.69, 9.17) is 0 Å². The van der Waals surface area contributed by atoms with E-state index in [1.165, 1.54) is 6.33 Å². The fraction of sp³-hybridized carbons (Fsp3) is 0.375. The Labute approximate surface area is 133 Å². The van der Waals surface area contributed by atoms with Gasteiger partial charge >= 0.3 is 0 Å². The number of nitrogens with one attached hydrogen (secondary N) is 2. The van der Waals surface area contributed by atoms with E-state index in [9.17, 15) is 4.79 Å². The maximum Gasteiger partial charge on any atom is 0.228 e. The molecule has 7 heteroatoms. The van der Waals surface area contributed by atoms with Crippen LogP contribution in [0.5, 0.6) is 0 Å². The van der Waals surface area contributed by atoms with Crippen molar-refractivity contribution in [3.8, 4) is 0 Å². The Morgan fingerprint density at radius 1 is 1.30 bits per heavy atom. The lowest BCUT2D eigenvalue weighted by molar-refractivity contribution is -0.131. The van der Waals surface area contributed by atoms with Gasteiger partial charge in [-0.05, 0) is 18.9 Å². The first-order chi connectivity index (χ1) is 11.3. The van der Waals surface area contributed by atoms with E-state index in [0.29, 0.717) is 13.0 Å². The summed E-state index contributed by atoms with van der Waals surface area (Å²) in [6, 6.07) is 7.85. The Morgan fingerprint density at radius 3 is 3.09 bits per heavy atom. The zero-order valence-corrected chi connectivity index (χ0v) is 12.7. The number of amides is 1. The Balaban J connectivity index is 1.48. The molecule has 118 valence electrons. The summed E-state index contributed by atoms with van der Waals surface area (Å²) < 4.78 is 0. The first-order valence-corrected chi connectivity index (χ1v) is 7.86. The van der Waals surface area contributed by atoms with E-state index >= 15 is 0 Å². The van der Waals surface area contributed by atoms with Gasteiger partial charge in [0, 0.05) is 24.4 Å². The van der Waals surface area contributed by atoms with E-state index in [-0.39, 0.29) is 11.8 Å². The minimum Gasteiger partial charge on any atom is -0.342 e. The first kappa shape index (κ1) is 13.9. The van der Waals surface area contributed by atoms with Crippen LogP contribution in [0.15, 0.2) is 30.6 Å². The molecular weight excluding hydrogens is 292 g/mol. The number of hydrogen-bond acceptors (Lipinski definition) is 4. The number of rotatable bonds is 3. The highest BCUT2D eigenvalue weighted by Crippen LogP contribution is 2.25. The first-order valence-electron chi connectivity index (χ1n) is 7.86. The van der Waals surface area contributed by atoms with Gasteiger partial charge < -0.3 is 4.90 Å². The molecule has 2 aromatic heterocycles. The summed E-state index contributed by atoms with van der Waals surface area (Å²) in [6.07, 6.45) is 3.89. The predicted octanol–water partition coefficient (Wildman–Crippen LogP) is 1.63. The number of carbonyl (C=O) groups is 1. The van der Waals surface area contributed by atoms with E-state index < -0.39 is 0 Å². The molecule has 1 aliphatic rings. The number of likely N-dealkylation sites (tertiary alicyclic amines) is 1. The molecule has 3 aromatic rings. The topological polar surface area (TPSA) is 90.6 Å². The minimum absolute atomic E-state index is 0.128. The SMILES string of the molecule is O=C(Cc1[nH]nc2ccccc12)N1CCCC(c2ncn[nH]2)C1. The third kappa shape index (κ3) is 2.69. The fourth-order valence-electron chi connectivity index (χ4n) is 3.25. The molecule has 3 heterocycles. The van der Waals surface area contributed by atoms with Crippen molar-refractivity contribution in [1.29, 1.82) is 0 Å². The van der Waals surface area contributed by atoms with Gasteiger partial charge in [0.05, 0.1) is 17.6 Å². The van der Waals surface area contributed by atoms with Crippen LogP contribution in [-0.4, -0.2) is 49.3 Å². The third-order valence-corrected chi connectivity index (χ3v) is 4.46. The van der Waals surface area contributed by atoms with Crippen LogP contribution in [0.4, 0.5) is 0 Å². The van der Waals surface area contributed by atoms with Crippen molar-refractivity contribution >= 4 is 16.8 Å². The quantitative estimate of drug-likeness (QED) is 0.769. The Morgan fingerprint density at radius 2 is 2.22 bits per heavy atom. The van der Waals surface area contributed by atoms with Crippen LogP contribution in [0.25, 0.3) is 10.9 Å². The van der Waals surface area contributed by atoms with Crippen LogP contribution in [0.3, 0.4) is 0 Å². The minimum atomic E-state index is 0.128. The molecule has 0 bridgehead atoms. The summed E-state index contributed by atoms with van der Waals surface area (Å²) in [7, 11) is 0. The Kier molecular flexibility index (Phi) is 3.53. The second-order valence-electron chi connectivity index (χ2n) is 5.95.